The van der Waals surface area contributed by atoms with Crippen LogP contribution in [0.25, 0.3) is 11.2 Å². The Labute approximate surface area is 318 Å². The average Bonchev–Trinajstić information content (AvgIpc) is 3.64. The number of rotatable bonds is 22. The molecule has 2 amide bonds. The van der Waals surface area contributed by atoms with Gasteiger partial charge in [0.05, 0.1) is 19.5 Å². The molecule has 7 atom stereocenters. The maximum absolute atomic E-state index is 12.7. The number of carbonyl (C=O) groups excluding carboxylic acids is 3. The third-order valence-corrected chi connectivity index (χ3v) is 11.4. The van der Waals surface area contributed by atoms with Crippen molar-refractivity contribution in [3.63, 3.8) is 0 Å². The van der Waals surface area contributed by atoms with Gasteiger partial charge in [-0.15, -0.1) is 0 Å². The highest BCUT2D eigenvalue weighted by Crippen LogP contribution is 2.61. The third-order valence-electron chi connectivity index (χ3n) is 7.45. The fraction of sp³-hybridized carbons (Fsp3) is 0.630. The van der Waals surface area contributed by atoms with E-state index in [2.05, 4.69) is 34.4 Å². The minimum atomic E-state index is -5.57. The predicted octanol–water partition coefficient (Wildman–Crippen LogP) is 0.0210. The van der Waals surface area contributed by atoms with Crippen molar-refractivity contribution in [2.24, 2.45) is 5.41 Å². The molecule has 0 spiro atoms. The predicted molar refractivity (Wildman–Crippen MR) is 191 cm³/mol. The molecule has 2 aromatic heterocycles. The second-order valence-corrected chi connectivity index (χ2v) is 17.8. The Morgan fingerprint density at radius 1 is 1.07 bits per heavy atom. The van der Waals surface area contributed by atoms with Crippen LogP contribution in [0.2, 0.25) is 0 Å². The second-order valence-electron chi connectivity index (χ2n) is 12.4. The van der Waals surface area contributed by atoms with Gasteiger partial charge < -0.3 is 50.9 Å². The molecule has 0 aromatic carbocycles. The molecule has 1 aliphatic rings. The molecular weight excluding hydrogens is 819 g/mol. The summed E-state index contributed by atoms with van der Waals surface area (Å²) >= 11 is 1.07. The first-order valence-electron chi connectivity index (χ1n) is 16.3. The van der Waals surface area contributed by atoms with Crippen LogP contribution in [0.5, 0.6) is 0 Å². The van der Waals surface area contributed by atoms with E-state index < -0.39 is 84.6 Å². The Hall–Kier alpha value is -2.70. The molecule has 55 heavy (non-hydrogen) atoms. The lowest BCUT2D eigenvalue weighted by atomic mass is 9.87. The van der Waals surface area contributed by atoms with E-state index in [9.17, 15) is 57.9 Å². The average molecular weight is 864 g/mol. The van der Waals surface area contributed by atoms with Crippen LogP contribution < -0.4 is 16.4 Å². The van der Waals surface area contributed by atoms with Crippen LogP contribution >= 0.6 is 35.2 Å². The van der Waals surface area contributed by atoms with Gasteiger partial charge in [-0.1, -0.05) is 44.7 Å². The van der Waals surface area contributed by atoms with Gasteiger partial charge in [0.1, 0.15) is 36.3 Å². The Balaban J connectivity index is 1.49. The number of carbonyl (C=O) groups is 3. The largest absolute Gasteiger partial charge is 0.481 e. The van der Waals surface area contributed by atoms with Crippen molar-refractivity contribution >= 4 is 69.1 Å². The first kappa shape index (κ1) is 46.7. The number of allylic oxidation sites excluding steroid dienone is 2. The van der Waals surface area contributed by atoms with E-state index >= 15 is 0 Å². The number of phosphoric acid groups is 3. The summed E-state index contributed by atoms with van der Waals surface area (Å²) in [7, 11) is -16.4. The van der Waals surface area contributed by atoms with Crippen LogP contribution in [0, 0.1) is 5.41 Å². The van der Waals surface area contributed by atoms with Crippen molar-refractivity contribution in [1.82, 2.24) is 30.2 Å². The number of fused-ring (bicyclic) bond motifs is 1. The van der Waals surface area contributed by atoms with Crippen LogP contribution in [0.4, 0.5) is 5.82 Å². The summed E-state index contributed by atoms with van der Waals surface area (Å²) in [6.45, 7) is 2.45. The summed E-state index contributed by atoms with van der Waals surface area (Å²) in [5.41, 5.74) is 4.26. The van der Waals surface area contributed by atoms with Gasteiger partial charge in [-0.25, -0.2) is 28.6 Å². The highest BCUT2D eigenvalue weighted by Gasteiger charge is 2.50. The summed E-state index contributed by atoms with van der Waals surface area (Å²) in [6.07, 6.45) is -2.16. The van der Waals surface area contributed by atoms with Gasteiger partial charge in [-0.3, -0.25) is 32.5 Å². The third kappa shape index (κ3) is 14.6. The Kier molecular flexibility index (Phi) is 17.1. The molecule has 0 aliphatic carbocycles. The number of phosphoric ester groups is 3. The lowest BCUT2D eigenvalue weighted by Crippen LogP contribution is -2.46. The Bertz CT molecular complexity index is 1830. The Morgan fingerprint density at radius 2 is 1.76 bits per heavy atom. The molecule has 28 heteroatoms. The quantitative estimate of drug-likeness (QED) is 0.0428. The summed E-state index contributed by atoms with van der Waals surface area (Å²) in [5.74, 6) is -1.10. The van der Waals surface area contributed by atoms with Crippen molar-refractivity contribution in [3.8, 4) is 0 Å². The smallest absolute Gasteiger partial charge is 0.386 e. The molecule has 0 radical (unpaired) electrons. The molecule has 2 unspecified atom stereocenters. The molecule has 0 bridgehead atoms. The van der Waals surface area contributed by atoms with E-state index in [-0.39, 0.29) is 48.0 Å². The number of nitrogens with zero attached hydrogens (tertiary/aromatic N) is 4. The van der Waals surface area contributed by atoms with Gasteiger partial charge in [0, 0.05) is 37.1 Å². The highest BCUT2D eigenvalue weighted by atomic mass is 32.2. The summed E-state index contributed by atoms with van der Waals surface area (Å²) < 4.78 is 62.0. The number of ether oxygens (including phenoxy) is 1. The second kappa shape index (κ2) is 20.1. The van der Waals surface area contributed by atoms with Crippen molar-refractivity contribution in [2.45, 2.75) is 70.7 Å². The van der Waals surface area contributed by atoms with Crippen LogP contribution in [-0.2, 0) is 50.7 Å². The van der Waals surface area contributed by atoms with Gasteiger partial charge in [0.15, 0.2) is 22.8 Å². The SMILES string of the molecule is CC/C=C/CC(=O)SCCNC(=O)CCNC(=O)[C@H](O)C(C)(C)COP(=O)(O)OP(=O)(O)OC[C@H]1O[C@@H](n2cnc3c(N)ncnc32)[C@H](O)[C@@H]1OP(=O)(O)O. The zero-order valence-corrected chi connectivity index (χ0v) is 33.1. The summed E-state index contributed by atoms with van der Waals surface area (Å²) in [4.78, 5) is 87.2. The molecule has 3 rings (SSSR count). The van der Waals surface area contributed by atoms with Gasteiger partial charge in [-0.2, -0.15) is 4.31 Å². The van der Waals surface area contributed by atoms with Gasteiger partial charge in [-0.05, 0) is 6.42 Å². The van der Waals surface area contributed by atoms with Crippen LogP contribution in [0.3, 0.4) is 0 Å². The number of nitrogens with one attached hydrogen (secondary N) is 2. The lowest BCUT2D eigenvalue weighted by Gasteiger charge is -2.30. The maximum atomic E-state index is 12.7. The number of amides is 2. The van der Waals surface area contributed by atoms with E-state index in [0.29, 0.717) is 5.75 Å². The van der Waals surface area contributed by atoms with Crippen LogP contribution in [-0.4, -0.2) is 123 Å². The van der Waals surface area contributed by atoms with Gasteiger partial charge >= 0.3 is 23.5 Å². The maximum Gasteiger partial charge on any atom is 0.481 e. The van der Waals surface area contributed by atoms with Crippen molar-refractivity contribution in [2.75, 3.05) is 37.8 Å². The topological polar surface area (TPSA) is 364 Å². The summed E-state index contributed by atoms with van der Waals surface area (Å²) in [5, 5.41) is 26.3. The number of hydrogen-bond acceptors (Lipinski definition) is 18. The molecule has 0 saturated carbocycles. The molecule has 3 heterocycles. The van der Waals surface area contributed by atoms with Crippen molar-refractivity contribution in [1.29, 1.82) is 0 Å². The molecule has 310 valence electrons. The molecule has 2 aromatic rings. The van der Waals surface area contributed by atoms with Crippen LogP contribution in [0.15, 0.2) is 24.8 Å². The minimum Gasteiger partial charge on any atom is -0.386 e. The normalized spacial score (nSPS) is 22.0. The highest BCUT2D eigenvalue weighted by molar-refractivity contribution is 8.13. The number of thioether (sulfide) groups is 1. The lowest BCUT2D eigenvalue weighted by molar-refractivity contribution is -0.137. The fourth-order valence-electron chi connectivity index (χ4n) is 4.70. The molecule has 1 saturated heterocycles. The number of nitrogens with two attached hydrogens (primary N) is 1. The first-order valence-corrected chi connectivity index (χ1v) is 21.8. The zero-order valence-electron chi connectivity index (χ0n) is 29.6. The fourth-order valence-corrected chi connectivity index (χ4v) is 8.18. The molecule has 1 fully saturated rings. The zero-order chi connectivity index (χ0) is 41.2. The number of aromatic nitrogens is 4. The van der Waals surface area contributed by atoms with E-state index in [1.54, 1.807) is 6.08 Å². The van der Waals surface area contributed by atoms with E-state index in [4.69, 9.17) is 19.5 Å². The molecule has 1 aliphatic heterocycles. The standard InChI is InChI=1S/C27H44N7O17P3S/c1-4-5-6-7-18(36)55-11-10-29-17(35)8-9-30-25(39)22(38)27(2,3)13-48-54(45,46)51-53(43,44)47-12-16-21(50-52(40,41)42)20(37)26(49-16)34-15-33-19-23(28)31-14-32-24(19)34/h5-6,14-16,20-22,26,37-38H,4,7-13H2,1-3H3,(H,29,35)(H,30,39)(H,43,44)(H,45,46)(H2,28,31,32)(H2,40,41,42)/b6-5+/t16-,20-,21-,22+,26-/m1/s1. The van der Waals surface area contributed by atoms with E-state index in [1.807, 2.05) is 13.0 Å². The Morgan fingerprint density at radius 3 is 2.44 bits per heavy atom. The number of nitrogen functional groups attached to an aromatic ring is 1. The first-order chi connectivity index (χ1) is 25.6. The van der Waals surface area contributed by atoms with Crippen molar-refractivity contribution < 1.29 is 80.5 Å². The van der Waals surface area contributed by atoms with Crippen molar-refractivity contribution in [3.05, 3.63) is 24.8 Å². The number of imidazole rings is 1. The summed E-state index contributed by atoms with van der Waals surface area (Å²) in [6, 6.07) is 0. The number of anilines is 1. The molecular formula is C27H44N7O17P3S. The van der Waals surface area contributed by atoms with Gasteiger partial charge in [0.25, 0.3) is 0 Å². The van der Waals surface area contributed by atoms with Gasteiger partial charge in [0.2, 0.25) is 11.8 Å². The van der Waals surface area contributed by atoms with Crippen LogP contribution in [0.1, 0.15) is 46.3 Å². The monoisotopic (exact) mass is 863 g/mol. The minimum absolute atomic E-state index is 0.0306. The number of aliphatic hydroxyl groups is 2. The molecule has 10 N–H and O–H groups in total. The molecule has 24 nitrogen and oxygen atoms in total. The van der Waals surface area contributed by atoms with E-state index in [0.717, 1.165) is 35.4 Å². The van der Waals surface area contributed by atoms with E-state index in [1.165, 1.54) is 13.8 Å². The number of hydrogen-bond donors (Lipinski definition) is 9. The number of aliphatic hydroxyl groups excluding tert-OH is 2.